The Hall–Kier alpha value is -2.69. The van der Waals surface area contributed by atoms with Crippen LogP contribution in [0.2, 0.25) is 0 Å². The zero-order chi connectivity index (χ0) is 24.3. The van der Waals surface area contributed by atoms with Gasteiger partial charge in [0.25, 0.3) is 0 Å². The molecule has 0 fully saturated rings. The van der Waals surface area contributed by atoms with Crippen molar-refractivity contribution in [1.29, 1.82) is 0 Å². The Bertz CT molecular complexity index is 652. The largest absolute Gasteiger partial charge is 0.480 e. The maximum absolute atomic E-state index is 12.9. The van der Waals surface area contributed by atoms with Crippen LogP contribution in [0.4, 0.5) is 0 Å². The van der Waals surface area contributed by atoms with Crippen LogP contribution in [-0.4, -0.2) is 58.9 Å². The molecule has 8 N–H and O–H groups in total. The molecule has 0 bridgehead atoms. The van der Waals surface area contributed by atoms with E-state index in [1.54, 1.807) is 6.92 Å². The number of hydrogen-bond donors (Lipinski definition) is 6. The zero-order valence-corrected chi connectivity index (χ0v) is 18.9. The van der Waals surface area contributed by atoms with Gasteiger partial charge in [0.15, 0.2) is 0 Å². The van der Waals surface area contributed by atoms with E-state index in [0.29, 0.717) is 6.42 Å². The van der Waals surface area contributed by atoms with Gasteiger partial charge in [-0.3, -0.25) is 19.2 Å². The average molecular weight is 444 g/mol. The molecule has 5 unspecified atom stereocenters. The Labute approximate surface area is 183 Å². The number of hydrogen-bond acceptors (Lipinski definition) is 6. The van der Waals surface area contributed by atoms with E-state index in [4.69, 9.17) is 11.5 Å². The molecule has 0 saturated carbocycles. The number of carboxylic acid groups (broad SMARTS) is 1. The van der Waals surface area contributed by atoms with Crippen LogP contribution in [0, 0.1) is 11.8 Å². The Morgan fingerprint density at radius 3 is 1.84 bits per heavy atom. The second-order valence-electron chi connectivity index (χ2n) is 8.26. The molecule has 0 aliphatic rings. The number of carboxylic acids is 1. The molecule has 0 heterocycles. The molecular weight excluding hydrogens is 406 g/mol. The summed E-state index contributed by atoms with van der Waals surface area (Å²) in [5.41, 5.74) is 10.7. The van der Waals surface area contributed by atoms with Crippen molar-refractivity contribution in [3.05, 3.63) is 0 Å². The molecule has 11 heteroatoms. The molecule has 11 nitrogen and oxygen atoms in total. The van der Waals surface area contributed by atoms with Crippen molar-refractivity contribution in [3.8, 4) is 0 Å². The van der Waals surface area contributed by atoms with Gasteiger partial charge < -0.3 is 32.5 Å². The second-order valence-corrected chi connectivity index (χ2v) is 8.26. The quantitative estimate of drug-likeness (QED) is 0.203. The molecule has 178 valence electrons. The lowest BCUT2D eigenvalue weighted by Crippen LogP contribution is -2.58. The minimum atomic E-state index is -1.20. The molecule has 0 aromatic carbocycles. The number of nitrogens with one attached hydrogen (secondary N) is 3. The van der Waals surface area contributed by atoms with Gasteiger partial charge in [-0.15, -0.1) is 0 Å². The molecule has 0 rings (SSSR count). The highest BCUT2D eigenvalue weighted by atomic mass is 16.4. The molecule has 0 spiro atoms. The van der Waals surface area contributed by atoms with E-state index in [2.05, 4.69) is 16.0 Å². The van der Waals surface area contributed by atoms with E-state index in [1.807, 2.05) is 20.8 Å². The van der Waals surface area contributed by atoms with Crippen molar-refractivity contribution in [2.24, 2.45) is 23.3 Å². The highest BCUT2D eigenvalue weighted by molar-refractivity contribution is 5.94. The third-order valence-corrected chi connectivity index (χ3v) is 4.84. The number of carbonyl (C=O) groups excluding carboxylic acids is 4. The number of carbonyl (C=O) groups is 5. The number of primary amides is 1. The fourth-order valence-electron chi connectivity index (χ4n) is 2.77. The van der Waals surface area contributed by atoms with Gasteiger partial charge in [-0.1, -0.05) is 34.1 Å². The fraction of sp³-hybridized carbons (Fsp3) is 0.750. The van der Waals surface area contributed by atoms with E-state index < -0.39 is 53.8 Å². The van der Waals surface area contributed by atoms with Crippen molar-refractivity contribution in [2.45, 2.75) is 84.5 Å². The van der Waals surface area contributed by atoms with Crippen LogP contribution in [0.1, 0.15) is 60.3 Å². The molecule has 0 radical (unpaired) electrons. The van der Waals surface area contributed by atoms with Gasteiger partial charge in [-0.05, 0) is 31.6 Å². The molecule has 0 aliphatic carbocycles. The first-order valence-electron chi connectivity index (χ1n) is 10.5. The summed E-state index contributed by atoms with van der Waals surface area (Å²) in [5, 5.41) is 16.9. The van der Waals surface area contributed by atoms with Gasteiger partial charge >= 0.3 is 5.97 Å². The molecule has 4 amide bonds. The Kier molecular flexibility index (Phi) is 12.4. The van der Waals surface area contributed by atoms with Crippen LogP contribution in [0.15, 0.2) is 0 Å². The summed E-state index contributed by atoms with van der Waals surface area (Å²) in [6.07, 6.45) is 0.443. The van der Waals surface area contributed by atoms with E-state index in [1.165, 1.54) is 6.92 Å². The smallest absolute Gasteiger partial charge is 0.326 e. The van der Waals surface area contributed by atoms with Crippen LogP contribution in [-0.2, 0) is 24.0 Å². The zero-order valence-electron chi connectivity index (χ0n) is 18.9. The summed E-state index contributed by atoms with van der Waals surface area (Å²) in [4.78, 5) is 60.3. The van der Waals surface area contributed by atoms with Gasteiger partial charge in [0.05, 0.1) is 6.04 Å². The van der Waals surface area contributed by atoms with Gasteiger partial charge in [-0.2, -0.15) is 0 Å². The summed E-state index contributed by atoms with van der Waals surface area (Å²) in [6, 6.07) is -4.14. The van der Waals surface area contributed by atoms with Gasteiger partial charge in [0.1, 0.15) is 18.1 Å². The lowest BCUT2D eigenvalue weighted by Gasteiger charge is -2.27. The first kappa shape index (κ1) is 28.3. The van der Waals surface area contributed by atoms with Crippen LogP contribution in [0.3, 0.4) is 0 Å². The number of aliphatic carboxylic acids is 1. The van der Waals surface area contributed by atoms with Crippen LogP contribution >= 0.6 is 0 Å². The summed E-state index contributed by atoms with van der Waals surface area (Å²) < 4.78 is 0. The van der Waals surface area contributed by atoms with Crippen LogP contribution < -0.4 is 27.4 Å². The van der Waals surface area contributed by atoms with Gasteiger partial charge in [0.2, 0.25) is 23.6 Å². The Morgan fingerprint density at radius 2 is 1.42 bits per heavy atom. The first-order valence-corrected chi connectivity index (χ1v) is 10.5. The first-order chi connectivity index (χ1) is 14.3. The molecular formula is C20H37N5O6. The molecule has 0 aromatic rings. The lowest BCUT2D eigenvalue weighted by molar-refractivity contribution is -0.143. The summed E-state index contributed by atoms with van der Waals surface area (Å²) in [7, 11) is 0. The van der Waals surface area contributed by atoms with Crippen molar-refractivity contribution in [1.82, 2.24) is 16.0 Å². The predicted octanol–water partition coefficient (Wildman–Crippen LogP) is -0.770. The van der Waals surface area contributed by atoms with Crippen LogP contribution in [0.25, 0.3) is 0 Å². The number of nitrogens with two attached hydrogens (primary N) is 2. The van der Waals surface area contributed by atoms with Crippen molar-refractivity contribution < 1.29 is 29.1 Å². The predicted molar refractivity (Wildman–Crippen MR) is 114 cm³/mol. The topological polar surface area (TPSA) is 194 Å². The van der Waals surface area contributed by atoms with E-state index >= 15 is 0 Å². The van der Waals surface area contributed by atoms with Crippen molar-refractivity contribution in [2.75, 3.05) is 0 Å². The lowest BCUT2D eigenvalue weighted by atomic mass is 9.97. The monoisotopic (exact) mass is 443 g/mol. The third-order valence-electron chi connectivity index (χ3n) is 4.84. The third kappa shape index (κ3) is 10.8. The SMILES string of the molecule is CCC(C)C(NC(=O)C(C)N)C(=O)NC(CCC(N)=O)C(=O)NC(CC(C)C)C(=O)O. The second kappa shape index (κ2) is 13.6. The minimum Gasteiger partial charge on any atom is -0.480 e. The van der Waals surface area contributed by atoms with Crippen molar-refractivity contribution in [3.63, 3.8) is 0 Å². The van der Waals surface area contributed by atoms with E-state index in [-0.39, 0.29) is 31.1 Å². The molecule has 31 heavy (non-hydrogen) atoms. The Morgan fingerprint density at radius 1 is 0.871 bits per heavy atom. The fourth-order valence-corrected chi connectivity index (χ4v) is 2.77. The summed E-state index contributed by atoms with van der Waals surface area (Å²) in [6.45, 7) is 8.69. The number of amides is 4. The van der Waals surface area contributed by atoms with E-state index in [9.17, 15) is 29.1 Å². The Balaban J connectivity index is 5.55. The number of rotatable bonds is 14. The summed E-state index contributed by atoms with van der Waals surface area (Å²) >= 11 is 0. The molecule has 0 saturated heterocycles. The normalized spacial score (nSPS) is 15.8. The standard InChI is InChI=1S/C20H37N5O6/c1-6-11(4)16(25-17(27)12(5)21)19(29)23-13(7-8-15(22)26)18(28)24-14(20(30)31)9-10(2)3/h10-14,16H,6-9,21H2,1-5H3,(H2,22,26)(H,23,29)(H,24,28)(H,25,27)(H,30,31). The summed E-state index contributed by atoms with van der Waals surface area (Å²) in [5.74, 6) is -4.05. The van der Waals surface area contributed by atoms with Gasteiger partial charge in [-0.25, -0.2) is 4.79 Å². The van der Waals surface area contributed by atoms with Crippen molar-refractivity contribution >= 4 is 29.6 Å². The van der Waals surface area contributed by atoms with Gasteiger partial charge in [0, 0.05) is 6.42 Å². The molecule has 0 aliphatic heterocycles. The molecule has 5 atom stereocenters. The molecule has 0 aromatic heterocycles. The highest BCUT2D eigenvalue weighted by Gasteiger charge is 2.32. The minimum absolute atomic E-state index is 0.00306. The maximum Gasteiger partial charge on any atom is 0.326 e. The highest BCUT2D eigenvalue weighted by Crippen LogP contribution is 2.11. The average Bonchev–Trinajstić information content (AvgIpc) is 2.66. The van der Waals surface area contributed by atoms with E-state index in [0.717, 1.165) is 0 Å². The maximum atomic E-state index is 12.9. The van der Waals surface area contributed by atoms with Crippen LogP contribution in [0.5, 0.6) is 0 Å².